The minimum atomic E-state index is -0.0491. The maximum absolute atomic E-state index is 11.9. The summed E-state index contributed by atoms with van der Waals surface area (Å²) < 4.78 is 1.64. The highest BCUT2D eigenvalue weighted by Crippen LogP contribution is 2.02. The van der Waals surface area contributed by atoms with Crippen molar-refractivity contribution in [2.45, 2.75) is 20.4 Å². The molecule has 1 aromatic rings. The molecule has 0 saturated heterocycles. The van der Waals surface area contributed by atoms with E-state index in [-0.39, 0.29) is 5.56 Å². The van der Waals surface area contributed by atoms with Crippen LogP contribution in [0.3, 0.4) is 0 Å². The third-order valence-corrected chi connectivity index (χ3v) is 2.44. The lowest BCUT2D eigenvalue weighted by atomic mass is 10.4. The molecule has 1 rings (SSSR count). The molecule has 1 heterocycles. The maximum atomic E-state index is 11.9. The van der Waals surface area contributed by atoms with Crippen LogP contribution in [-0.2, 0) is 6.54 Å². The zero-order valence-electron chi connectivity index (χ0n) is 9.11. The zero-order valence-corrected chi connectivity index (χ0v) is 9.87. The second kappa shape index (κ2) is 5.75. The lowest BCUT2D eigenvalue weighted by Gasteiger charge is -2.20. The van der Waals surface area contributed by atoms with Crippen LogP contribution in [0.15, 0.2) is 17.2 Å². The van der Waals surface area contributed by atoms with Gasteiger partial charge in [0, 0.05) is 37.9 Å². The van der Waals surface area contributed by atoms with Crippen LogP contribution < -0.4 is 10.5 Å². The highest BCUT2D eigenvalue weighted by molar-refractivity contribution is 6.18. The Morgan fingerprint density at radius 2 is 2.27 bits per heavy atom. The van der Waals surface area contributed by atoms with E-state index in [0.29, 0.717) is 24.8 Å². The Kier molecular flexibility index (Phi) is 4.62. The SMILES string of the molecule is CCN(CCCl)c1nccn(CC)c1=O. The molecule has 0 fully saturated rings. The van der Waals surface area contributed by atoms with Crippen LogP contribution in [0.5, 0.6) is 0 Å². The highest BCUT2D eigenvalue weighted by atomic mass is 35.5. The predicted octanol–water partition coefficient (Wildman–Crippen LogP) is 1.33. The molecule has 0 spiro atoms. The van der Waals surface area contributed by atoms with E-state index in [0.717, 1.165) is 6.54 Å². The molecule has 0 saturated carbocycles. The molecule has 0 unspecified atom stereocenters. The van der Waals surface area contributed by atoms with Gasteiger partial charge in [0.25, 0.3) is 5.56 Å². The van der Waals surface area contributed by atoms with Crippen molar-refractivity contribution in [3.63, 3.8) is 0 Å². The molecule has 0 aliphatic rings. The molecular formula is C10H16ClN3O. The van der Waals surface area contributed by atoms with Gasteiger partial charge in [-0.15, -0.1) is 11.6 Å². The summed E-state index contributed by atoms with van der Waals surface area (Å²) in [6, 6.07) is 0. The van der Waals surface area contributed by atoms with Crippen LogP contribution in [0.1, 0.15) is 13.8 Å². The summed E-state index contributed by atoms with van der Waals surface area (Å²) in [5.74, 6) is 0.984. The van der Waals surface area contributed by atoms with Gasteiger partial charge in [0.15, 0.2) is 5.82 Å². The molecule has 0 amide bonds. The molecule has 84 valence electrons. The molecule has 0 radical (unpaired) electrons. The molecular weight excluding hydrogens is 214 g/mol. The summed E-state index contributed by atoms with van der Waals surface area (Å²) in [4.78, 5) is 17.9. The van der Waals surface area contributed by atoms with Gasteiger partial charge in [0.1, 0.15) is 0 Å². The molecule has 1 aromatic heterocycles. The monoisotopic (exact) mass is 229 g/mol. The van der Waals surface area contributed by atoms with E-state index in [2.05, 4.69) is 4.98 Å². The molecule has 0 aliphatic carbocycles. The Balaban J connectivity index is 3.07. The van der Waals surface area contributed by atoms with Gasteiger partial charge in [-0.2, -0.15) is 0 Å². The van der Waals surface area contributed by atoms with Crippen LogP contribution in [-0.4, -0.2) is 28.5 Å². The highest BCUT2D eigenvalue weighted by Gasteiger charge is 2.10. The van der Waals surface area contributed by atoms with Crippen molar-refractivity contribution < 1.29 is 0 Å². The van der Waals surface area contributed by atoms with Crippen molar-refractivity contribution >= 4 is 17.4 Å². The minimum Gasteiger partial charge on any atom is -0.351 e. The molecule has 15 heavy (non-hydrogen) atoms. The molecule has 4 nitrogen and oxygen atoms in total. The fraction of sp³-hybridized carbons (Fsp3) is 0.600. The first-order chi connectivity index (χ1) is 7.24. The molecule has 0 aromatic carbocycles. The zero-order chi connectivity index (χ0) is 11.3. The minimum absolute atomic E-state index is 0.0491. The number of aryl methyl sites for hydroxylation is 1. The Morgan fingerprint density at radius 1 is 1.53 bits per heavy atom. The van der Waals surface area contributed by atoms with Crippen molar-refractivity contribution in [3.05, 3.63) is 22.7 Å². The molecule has 0 atom stereocenters. The third-order valence-electron chi connectivity index (χ3n) is 2.27. The van der Waals surface area contributed by atoms with Gasteiger partial charge in [-0.3, -0.25) is 4.79 Å². The number of nitrogens with zero attached hydrogens (tertiary/aromatic N) is 3. The molecule has 0 bridgehead atoms. The van der Waals surface area contributed by atoms with Crippen molar-refractivity contribution in [1.29, 1.82) is 0 Å². The van der Waals surface area contributed by atoms with Gasteiger partial charge in [0.05, 0.1) is 0 Å². The standard InChI is InChI=1S/C10H16ClN3O/c1-3-13(7-5-11)9-10(15)14(4-2)8-6-12-9/h6,8H,3-5,7H2,1-2H3. The van der Waals surface area contributed by atoms with Gasteiger partial charge >= 0.3 is 0 Å². The Bertz CT molecular complexity index is 364. The summed E-state index contributed by atoms with van der Waals surface area (Å²) in [6.07, 6.45) is 3.34. The first-order valence-corrected chi connectivity index (χ1v) is 5.64. The van der Waals surface area contributed by atoms with Gasteiger partial charge in [-0.1, -0.05) is 0 Å². The molecule has 0 aliphatic heterocycles. The van der Waals surface area contributed by atoms with E-state index in [4.69, 9.17) is 11.6 Å². The van der Waals surface area contributed by atoms with E-state index >= 15 is 0 Å². The maximum Gasteiger partial charge on any atom is 0.293 e. The summed E-state index contributed by atoms with van der Waals surface area (Å²) in [6.45, 7) is 5.96. The van der Waals surface area contributed by atoms with Gasteiger partial charge in [-0.05, 0) is 13.8 Å². The van der Waals surface area contributed by atoms with Crippen molar-refractivity contribution in [1.82, 2.24) is 9.55 Å². The van der Waals surface area contributed by atoms with E-state index in [1.54, 1.807) is 17.0 Å². The van der Waals surface area contributed by atoms with Crippen LogP contribution in [0, 0.1) is 0 Å². The van der Waals surface area contributed by atoms with Crippen molar-refractivity contribution in [2.24, 2.45) is 0 Å². The first kappa shape index (κ1) is 12.0. The second-order valence-electron chi connectivity index (χ2n) is 3.11. The molecule has 0 N–H and O–H groups in total. The van der Waals surface area contributed by atoms with Crippen molar-refractivity contribution in [3.8, 4) is 0 Å². The number of halogens is 1. The van der Waals surface area contributed by atoms with E-state index in [1.165, 1.54) is 0 Å². The van der Waals surface area contributed by atoms with Gasteiger partial charge < -0.3 is 9.47 Å². The topological polar surface area (TPSA) is 38.1 Å². The summed E-state index contributed by atoms with van der Waals surface area (Å²) in [5, 5.41) is 0. The van der Waals surface area contributed by atoms with Crippen LogP contribution in [0.25, 0.3) is 0 Å². The average molecular weight is 230 g/mol. The van der Waals surface area contributed by atoms with Crippen LogP contribution in [0.4, 0.5) is 5.82 Å². The van der Waals surface area contributed by atoms with Gasteiger partial charge in [-0.25, -0.2) is 4.98 Å². The fourth-order valence-corrected chi connectivity index (χ4v) is 1.62. The lowest BCUT2D eigenvalue weighted by Crippen LogP contribution is -2.34. The van der Waals surface area contributed by atoms with E-state index in [1.807, 2.05) is 18.7 Å². The normalized spacial score (nSPS) is 10.3. The predicted molar refractivity (Wildman–Crippen MR) is 62.8 cm³/mol. The largest absolute Gasteiger partial charge is 0.351 e. The number of hydrogen-bond acceptors (Lipinski definition) is 3. The second-order valence-corrected chi connectivity index (χ2v) is 3.49. The summed E-state index contributed by atoms with van der Waals surface area (Å²) >= 11 is 5.67. The Hall–Kier alpha value is -1.03. The smallest absolute Gasteiger partial charge is 0.293 e. The number of alkyl halides is 1. The number of anilines is 1. The quantitative estimate of drug-likeness (QED) is 0.715. The fourth-order valence-electron chi connectivity index (χ4n) is 1.42. The summed E-state index contributed by atoms with van der Waals surface area (Å²) in [5.41, 5.74) is -0.0491. The summed E-state index contributed by atoms with van der Waals surface area (Å²) in [7, 11) is 0. The number of rotatable bonds is 5. The van der Waals surface area contributed by atoms with E-state index < -0.39 is 0 Å². The third kappa shape index (κ3) is 2.72. The Morgan fingerprint density at radius 3 is 2.80 bits per heavy atom. The molecule has 5 heteroatoms. The van der Waals surface area contributed by atoms with E-state index in [9.17, 15) is 4.79 Å². The van der Waals surface area contributed by atoms with Crippen LogP contribution in [0.2, 0.25) is 0 Å². The van der Waals surface area contributed by atoms with Crippen LogP contribution >= 0.6 is 11.6 Å². The Labute approximate surface area is 94.5 Å². The van der Waals surface area contributed by atoms with Crippen molar-refractivity contribution in [2.75, 3.05) is 23.9 Å². The number of aromatic nitrogens is 2. The first-order valence-electron chi connectivity index (χ1n) is 5.10. The average Bonchev–Trinajstić information content (AvgIpc) is 2.27. The lowest BCUT2D eigenvalue weighted by molar-refractivity contribution is 0.704. The van der Waals surface area contributed by atoms with Gasteiger partial charge in [0.2, 0.25) is 0 Å². The number of hydrogen-bond donors (Lipinski definition) is 0.